The van der Waals surface area contributed by atoms with Gasteiger partial charge in [0.2, 0.25) is 0 Å². The van der Waals surface area contributed by atoms with Crippen molar-refractivity contribution in [1.29, 1.82) is 0 Å². The summed E-state index contributed by atoms with van der Waals surface area (Å²) in [5.41, 5.74) is 0.185. The fraction of sp³-hybridized carbons (Fsp3) is 0.636. The first-order valence-electron chi connectivity index (χ1n) is 5.27. The molecule has 16 heavy (non-hydrogen) atoms. The van der Waals surface area contributed by atoms with Crippen LogP contribution in [0.2, 0.25) is 5.15 Å². The van der Waals surface area contributed by atoms with Gasteiger partial charge in [0.15, 0.2) is 5.15 Å². The Bertz CT molecular complexity index is 321. The molecule has 1 N–H and O–H groups in total. The average Bonchev–Trinajstić information content (AvgIpc) is 2.15. The Morgan fingerprint density at radius 2 is 2.00 bits per heavy atom. The van der Waals surface area contributed by atoms with E-state index in [-0.39, 0.29) is 5.41 Å². The molecule has 0 aliphatic carbocycles. The zero-order valence-corrected chi connectivity index (χ0v) is 11.0. The van der Waals surface area contributed by atoms with Crippen LogP contribution in [0.3, 0.4) is 0 Å². The van der Waals surface area contributed by atoms with Crippen LogP contribution in [0.4, 0.5) is 5.82 Å². The number of halogens is 1. The zero-order valence-electron chi connectivity index (χ0n) is 10.3. The fourth-order valence-corrected chi connectivity index (χ4v) is 1.75. The van der Waals surface area contributed by atoms with E-state index < -0.39 is 0 Å². The molecule has 1 heterocycles. The topological polar surface area (TPSA) is 41.0 Å². The van der Waals surface area contributed by atoms with E-state index in [0.717, 1.165) is 18.9 Å². The van der Waals surface area contributed by atoms with Crippen LogP contribution in [0.15, 0.2) is 12.1 Å². The highest BCUT2D eigenvalue weighted by atomic mass is 35.5. The van der Waals surface area contributed by atoms with Gasteiger partial charge in [0.05, 0.1) is 0 Å². The summed E-state index contributed by atoms with van der Waals surface area (Å²) in [6, 6.07) is 3.57. The van der Waals surface area contributed by atoms with Gasteiger partial charge in [-0.05, 0) is 31.6 Å². The van der Waals surface area contributed by atoms with Crippen molar-refractivity contribution in [3.05, 3.63) is 17.3 Å². The number of hydrogen-bond acceptors (Lipinski definition) is 4. The van der Waals surface area contributed by atoms with Crippen LogP contribution in [-0.2, 0) is 0 Å². The molecule has 0 atom stereocenters. The van der Waals surface area contributed by atoms with E-state index in [1.54, 1.807) is 6.07 Å². The van der Waals surface area contributed by atoms with E-state index in [1.165, 1.54) is 0 Å². The van der Waals surface area contributed by atoms with Gasteiger partial charge in [-0.1, -0.05) is 25.4 Å². The lowest BCUT2D eigenvalue weighted by atomic mass is 9.93. The summed E-state index contributed by atoms with van der Waals surface area (Å²) in [4.78, 5) is 2.18. The first-order valence-corrected chi connectivity index (χ1v) is 5.65. The molecule has 90 valence electrons. The first-order chi connectivity index (χ1) is 7.39. The summed E-state index contributed by atoms with van der Waals surface area (Å²) in [5, 5.41) is 11.4. The molecule has 4 nitrogen and oxygen atoms in total. The van der Waals surface area contributed by atoms with Crippen molar-refractivity contribution < 1.29 is 0 Å². The molecule has 0 spiro atoms. The molecule has 0 radical (unpaired) electrons. The highest BCUT2D eigenvalue weighted by Gasteiger charge is 2.18. The van der Waals surface area contributed by atoms with Crippen molar-refractivity contribution in [2.45, 2.75) is 13.8 Å². The quantitative estimate of drug-likeness (QED) is 0.859. The average molecular weight is 243 g/mol. The minimum absolute atomic E-state index is 0.185. The second-order valence-corrected chi connectivity index (χ2v) is 5.38. The van der Waals surface area contributed by atoms with Gasteiger partial charge in [-0.2, -0.15) is 0 Å². The van der Waals surface area contributed by atoms with Gasteiger partial charge in [-0.3, -0.25) is 0 Å². The molecule has 0 saturated carbocycles. The van der Waals surface area contributed by atoms with Crippen LogP contribution in [0.1, 0.15) is 13.8 Å². The lowest BCUT2D eigenvalue weighted by Crippen LogP contribution is -2.34. The number of rotatable bonds is 5. The Morgan fingerprint density at radius 3 is 2.50 bits per heavy atom. The van der Waals surface area contributed by atoms with Crippen LogP contribution in [-0.4, -0.2) is 42.3 Å². The summed E-state index contributed by atoms with van der Waals surface area (Å²) < 4.78 is 0. The second kappa shape index (κ2) is 5.46. The number of nitrogens with one attached hydrogen (secondary N) is 1. The Morgan fingerprint density at radius 1 is 1.31 bits per heavy atom. The van der Waals surface area contributed by atoms with Crippen molar-refractivity contribution in [3.63, 3.8) is 0 Å². The molecule has 0 bridgehead atoms. The molecule has 5 heteroatoms. The Kier molecular flexibility index (Phi) is 4.50. The van der Waals surface area contributed by atoms with Crippen LogP contribution in [0.25, 0.3) is 0 Å². The largest absolute Gasteiger partial charge is 0.368 e. The molecule has 0 saturated heterocycles. The number of nitrogens with zero attached hydrogens (tertiary/aromatic N) is 3. The van der Waals surface area contributed by atoms with Gasteiger partial charge in [0.1, 0.15) is 5.82 Å². The molecule has 1 rings (SSSR count). The summed E-state index contributed by atoms with van der Waals surface area (Å²) in [7, 11) is 4.15. The maximum atomic E-state index is 5.66. The molecule has 0 unspecified atom stereocenters. The van der Waals surface area contributed by atoms with Crippen LogP contribution in [0.5, 0.6) is 0 Å². The first kappa shape index (κ1) is 13.2. The molecule has 0 aromatic carbocycles. The van der Waals surface area contributed by atoms with E-state index in [4.69, 9.17) is 11.6 Å². The standard InChI is InChI=1S/C11H19ClN4/c1-11(2,8-16(3)4)7-13-10-6-5-9(12)14-15-10/h5-6H,7-8H2,1-4H3,(H,13,15). The minimum atomic E-state index is 0.185. The predicted octanol–water partition coefficient (Wildman–Crippen LogP) is 2.13. The molecule has 0 aliphatic rings. The maximum Gasteiger partial charge on any atom is 0.151 e. The predicted molar refractivity (Wildman–Crippen MR) is 67.9 cm³/mol. The molecule has 0 amide bonds. The SMILES string of the molecule is CN(C)CC(C)(C)CNc1ccc(Cl)nn1. The van der Waals surface area contributed by atoms with Crippen LogP contribution < -0.4 is 5.32 Å². The Labute approximate surface area is 102 Å². The van der Waals surface area contributed by atoms with Crippen molar-refractivity contribution in [2.24, 2.45) is 5.41 Å². The van der Waals surface area contributed by atoms with Gasteiger partial charge < -0.3 is 10.2 Å². The summed E-state index contributed by atoms with van der Waals surface area (Å²) in [6.45, 7) is 6.29. The summed E-state index contributed by atoms with van der Waals surface area (Å²) >= 11 is 5.66. The second-order valence-electron chi connectivity index (χ2n) is 5.00. The third-order valence-electron chi connectivity index (χ3n) is 2.12. The summed E-state index contributed by atoms with van der Waals surface area (Å²) in [6.07, 6.45) is 0. The Balaban J connectivity index is 2.47. The van der Waals surface area contributed by atoms with Crippen molar-refractivity contribution in [3.8, 4) is 0 Å². The summed E-state index contributed by atoms with van der Waals surface area (Å²) in [5.74, 6) is 0.760. The van der Waals surface area contributed by atoms with E-state index in [9.17, 15) is 0 Å². The molecular weight excluding hydrogens is 224 g/mol. The fourth-order valence-electron chi connectivity index (χ4n) is 1.65. The van der Waals surface area contributed by atoms with Crippen LogP contribution >= 0.6 is 11.6 Å². The molecule has 0 fully saturated rings. The highest BCUT2D eigenvalue weighted by molar-refractivity contribution is 6.29. The zero-order chi connectivity index (χ0) is 12.2. The van der Waals surface area contributed by atoms with Gasteiger partial charge in [0.25, 0.3) is 0 Å². The number of hydrogen-bond donors (Lipinski definition) is 1. The van der Waals surface area contributed by atoms with E-state index >= 15 is 0 Å². The molecule has 0 aliphatic heterocycles. The number of aromatic nitrogens is 2. The molecule has 1 aromatic rings. The monoisotopic (exact) mass is 242 g/mol. The Hall–Kier alpha value is -0.870. The van der Waals surface area contributed by atoms with E-state index in [0.29, 0.717) is 5.15 Å². The van der Waals surface area contributed by atoms with E-state index in [2.05, 4.69) is 48.4 Å². The maximum absolute atomic E-state index is 5.66. The lowest BCUT2D eigenvalue weighted by Gasteiger charge is -2.28. The van der Waals surface area contributed by atoms with Gasteiger partial charge >= 0.3 is 0 Å². The smallest absolute Gasteiger partial charge is 0.151 e. The van der Waals surface area contributed by atoms with Crippen molar-refractivity contribution in [1.82, 2.24) is 15.1 Å². The molecular formula is C11H19ClN4. The minimum Gasteiger partial charge on any atom is -0.368 e. The van der Waals surface area contributed by atoms with Crippen molar-refractivity contribution >= 4 is 17.4 Å². The third-order valence-corrected chi connectivity index (χ3v) is 2.33. The van der Waals surface area contributed by atoms with Crippen molar-refractivity contribution in [2.75, 3.05) is 32.5 Å². The lowest BCUT2D eigenvalue weighted by molar-refractivity contribution is 0.254. The van der Waals surface area contributed by atoms with E-state index in [1.807, 2.05) is 6.07 Å². The van der Waals surface area contributed by atoms with Gasteiger partial charge in [-0.25, -0.2) is 0 Å². The number of anilines is 1. The van der Waals surface area contributed by atoms with Gasteiger partial charge in [-0.15, -0.1) is 10.2 Å². The third kappa shape index (κ3) is 4.77. The van der Waals surface area contributed by atoms with Gasteiger partial charge in [0, 0.05) is 13.1 Å². The van der Waals surface area contributed by atoms with Crippen LogP contribution in [0, 0.1) is 5.41 Å². The normalized spacial score (nSPS) is 11.9. The molecule has 1 aromatic heterocycles. The highest BCUT2D eigenvalue weighted by Crippen LogP contribution is 2.16.